The van der Waals surface area contributed by atoms with Crippen LogP contribution in [0.5, 0.6) is 0 Å². The normalized spacial score (nSPS) is 12.9. The molecule has 1 amide bonds. The largest absolute Gasteiger partial charge is 0.370 e. The lowest BCUT2D eigenvalue weighted by Crippen LogP contribution is -2.38. The molecule has 1 rings (SSSR count). The van der Waals surface area contributed by atoms with Gasteiger partial charge in [-0.3, -0.25) is 4.79 Å². The molecule has 0 spiro atoms. The maximum atomic E-state index is 11.7. The molecule has 0 saturated carbocycles. The van der Waals surface area contributed by atoms with Crippen molar-refractivity contribution < 1.29 is 4.79 Å². The third-order valence-electron chi connectivity index (χ3n) is 2.53. The van der Waals surface area contributed by atoms with Crippen molar-refractivity contribution >= 4 is 40.1 Å². The van der Waals surface area contributed by atoms with Crippen LogP contribution in [0.15, 0.2) is 29.3 Å². The number of nitrogens with two attached hydrogens (primary N) is 1. The van der Waals surface area contributed by atoms with Crippen molar-refractivity contribution in [3.63, 3.8) is 0 Å². The molecule has 0 aromatic heterocycles. The molecule has 1 atom stereocenters. The van der Waals surface area contributed by atoms with Gasteiger partial charge in [-0.25, -0.2) is 4.99 Å². The minimum atomic E-state index is -0.185. The van der Waals surface area contributed by atoms with Gasteiger partial charge in [0.05, 0.1) is 0 Å². The van der Waals surface area contributed by atoms with Crippen LogP contribution >= 0.6 is 22.6 Å². The summed E-state index contributed by atoms with van der Waals surface area (Å²) in [7, 11) is 0. The van der Waals surface area contributed by atoms with Crippen molar-refractivity contribution in [3.05, 3.63) is 27.8 Å². The Morgan fingerprint density at radius 1 is 1.42 bits per heavy atom. The number of benzene rings is 1. The van der Waals surface area contributed by atoms with Gasteiger partial charge in [-0.2, -0.15) is 0 Å². The second-order valence-electron chi connectivity index (χ2n) is 4.21. The highest BCUT2D eigenvalue weighted by molar-refractivity contribution is 14.1. The third-order valence-corrected chi connectivity index (χ3v) is 3.25. The average Bonchev–Trinajstić information content (AvgIpc) is 2.39. The number of hydrogen-bond donors (Lipinski definition) is 3. The molecular formula is C13H19IN4O. The number of halogens is 1. The van der Waals surface area contributed by atoms with Gasteiger partial charge >= 0.3 is 0 Å². The fourth-order valence-corrected chi connectivity index (χ4v) is 1.65. The lowest BCUT2D eigenvalue weighted by atomic mass is 10.3. The zero-order valence-electron chi connectivity index (χ0n) is 11.1. The molecule has 0 saturated heterocycles. The van der Waals surface area contributed by atoms with Crippen LogP contribution in [0, 0.1) is 3.57 Å². The van der Waals surface area contributed by atoms with Crippen LogP contribution in [-0.2, 0) is 4.79 Å². The van der Waals surface area contributed by atoms with E-state index in [1.54, 1.807) is 0 Å². The van der Waals surface area contributed by atoms with Crippen molar-refractivity contribution in [1.82, 2.24) is 5.32 Å². The number of carbonyl (C=O) groups excluding carboxylic acids is 1. The number of rotatable bonds is 5. The monoisotopic (exact) mass is 374 g/mol. The highest BCUT2D eigenvalue weighted by Gasteiger charge is 2.03. The first-order valence-electron chi connectivity index (χ1n) is 6.13. The van der Waals surface area contributed by atoms with Crippen molar-refractivity contribution in [1.29, 1.82) is 0 Å². The Bertz CT molecular complexity index is 444. The molecule has 0 aliphatic rings. The topological polar surface area (TPSA) is 79.5 Å². The Kier molecular flexibility index (Phi) is 6.61. The van der Waals surface area contributed by atoms with E-state index in [1.165, 1.54) is 0 Å². The van der Waals surface area contributed by atoms with E-state index < -0.39 is 0 Å². The lowest BCUT2D eigenvalue weighted by molar-refractivity contribution is -0.114. The number of carbonyl (C=O) groups is 1. The second-order valence-corrected chi connectivity index (χ2v) is 5.46. The van der Waals surface area contributed by atoms with E-state index >= 15 is 0 Å². The Morgan fingerprint density at radius 2 is 2.05 bits per heavy atom. The molecule has 0 radical (unpaired) electrons. The minimum absolute atomic E-state index is 0.0151. The molecule has 0 fully saturated rings. The Hall–Kier alpha value is -1.31. The van der Waals surface area contributed by atoms with Gasteiger partial charge in [0.2, 0.25) is 5.91 Å². The lowest BCUT2D eigenvalue weighted by Gasteiger charge is -2.11. The first-order valence-corrected chi connectivity index (χ1v) is 7.21. The molecule has 104 valence electrons. The van der Waals surface area contributed by atoms with E-state index in [4.69, 9.17) is 5.73 Å². The quantitative estimate of drug-likeness (QED) is 0.419. The number of hydrogen-bond acceptors (Lipinski definition) is 2. The van der Waals surface area contributed by atoms with E-state index in [-0.39, 0.29) is 18.5 Å². The number of nitrogens with zero attached hydrogens (tertiary/aromatic N) is 1. The van der Waals surface area contributed by atoms with E-state index in [9.17, 15) is 4.79 Å². The number of anilines is 1. The summed E-state index contributed by atoms with van der Waals surface area (Å²) in [6.45, 7) is 4.07. The van der Waals surface area contributed by atoms with Crippen LogP contribution in [0.25, 0.3) is 0 Å². The van der Waals surface area contributed by atoms with Crippen LogP contribution in [0.2, 0.25) is 0 Å². The standard InChI is InChI=1S/C13H19IN4O/c1-3-9(2)17-13(15)16-8-12(19)18-11-6-4-10(14)5-7-11/h4-7,9H,3,8H2,1-2H3,(H,18,19)(H3,15,16,17). The van der Waals surface area contributed by atoms with Gasteiger partial charge in [0.25, 0.3) is 0 Å². The molecule has 6 heteroatoms. The number of guanidine groups is 1. The predicted octanol–water partition coefficient (Wildman–Crippen LogP) is 1.93. The molecule has 19 heavy (non-hydrogen) atoms. The van der Waals surface area contributed by atoms with Gasteiger partial charge in [0.15, 0.2) is 5.96 Å². The van der Waals surface area contributed by atoms with Crippen LogP contribution in [0.3, 0.4) is 0 Å². The maximum absolute atomic E-state index is 11.7. The van der Waals surface area contributed by atoms with Crippen LogP contribution in [-0.4, -0.2) is 24.5 Å². The summed E-state index contributed by atoms with van der Waals surface area (Å²) in [6.07, 6.45) is 0.949. The molecule has 1 aromatic rings. The molecule has 1 unspecified atom stereocenters. The fourth-order valence-electron chi connectivity index (χ4n) is 1.29. The van der Waals surface area contributed by atoms with Gasteiger partial charge < -0.3 is 16.4 Å². The van der Waals surface area contributed by atoms with E-state index in [0.29, 0.717) is 5.96 Å². The van der Waals surface area contributed by atoms with Gasteiger partial charge in [0, 0.05) is 15.3 Å². The van der Waals surface area contributed by atoms with Crippen molar-refractivity contribution in [2.75, 3.05) is 11.9 Å². The molecule has 5 nitrogen and oxygen atoms in total. The minimum Gasteiger partial charge on any atom is -0.370 e. The molecule has 0 aliphatic carbocycles. The number of aliphatic imine (C=N–C) groups is 1. The van der Waals surface area contributed by atoms with Gasteiger partial charge in [-0.15, -0.1) is 0 Å². The highest BCUT2D eigenvalue weighted by Crippen LogP contribution is 2.10. The Morgan fingerprint density at radius 3 is 2.63 bits per heavy atom. The summed E-state index contributed by atoms with van der Waals surface area (Å²) in [5.41, 5.74) is 6.43. The number of amides is 1. The van der Waals surface area contributed by atoms with E-state index in [0.717, 1.165) is 15.7 Å². The maximum Gasteiger partial charge on any atom is 0.246 e. The number of nitrogens with one attached hydrogen (secondary N) is 2. The smallest absolute Gasteiger partial charge is 0.246 e. The average molecular weight is 374 g/mol. The molecule has 0 bridgehead atoms. The van der Waals surface area contributed by atoms with Crippen LogP contribution in [0.4, 0.5) is 5.69 Å². The van der Waals surface area contributed by atoms with Gasteiger partial charge in [-0.1, -0.05) is 6.92 Å². The van der Waals surface area contributed by atoms with Crippen molar-refractivity contribution in [3.8, 4) is 0 Å². The predicted molar refractivity (Wildman–Crippen MR) is 87.2 cm³/mol. The first kappa shape index (κ1) is 15.7. The highest BCUT2D eigenvalue weighted by atomic mass is 127. The fraction of sp³-hybridized carbons (Fsp3) is 0.385. The summed E-state index contributed by atoms with van der Waals surface area (Å²) in [6, 6.07) is 7.81. The summed E-state index contributed by atoms with van der Waals surface area (Å²) in [4.78, 5) is 15.6. The van der Waals surface area contributed by atoms with Gasteiger partial charge in [0.1, 0.15) is 6.54 Å². The summed E-state index contributed by atoms with van der Waals surface area (Å²) in [5.74, 6) is 0.113. The van der Waals surface area contributed by atoms with Gasteiger partial charge in [-0.05, 0) is 60.2 Å². The zero-order valence-corrected chi connectivity index (χ0v) is 13.3. The Labute approximate surface area is 127 Å². The van der Waals surface area contributed by atoms with E-state index in [1.807, 2.05) is 31.2 Å². The summed E-state index contributed by atoms with van der Waals surface area (Å²) >= 11 is 2.21. The second kappa shape index (κ2) is 7.98. The van der Waals surface area contributed by atoms with E-state index in [2.05, 4.69) is 45.1 Å². The zero-order chi connectivity index (χ0) is 14.3. The third kappa shape index (κ3) is 6.42. The molecular weight excluding hydrogens is 355 g/mol. The first-order chi connectivity index (χ1) is 9.01. The van der Waals surface area contributed by atoms with Crippen LogP contribution < -0.4 is 16.4 Å². The summed E-state index contributed by atoms with van der Waals surface area (Å²) < 4.78 is 1.12. The molecule has 1 aromatic carbocycles. The summed E-state index contributed by atoms with van der Waals surface area (Å²) in [5, 5.41) is 5.76. The van der Waals surface area contributed by atoms with Crippen molar-refractivity contribution in [2.24, 2.45) is 10.7 Å². The van der Waals surface area contributed by atoms with Crippen LogP contribution in [0.1, 0.15) is 20.3 Å². The molecule has 4 N–H and O–H groups in total. The van der Waals surface area contributed by atoms with Crippen molar-refractivity contribution in [2.45, 2.75) is 26.3 Å². The SMILES string of the molecule is CCC(C)NC(N)=NCC(=O)Nc1ccc(I)cc1. The Balaban J connectivity index is 2.43. The molecule has 0 heterocycles. The molecule has 0 aliphatic heterocycles.